The quantitative estimate of drug-likeness (QED) is 0.616. The predicted molar refractivity (Wildman–Crippen MR) is 122 cm³/mol. The third kappa shape index (κ3) is 4.74. The van der Waals surface area contributed by atoms with Crippen LogP contribution in [0.2, 0.25) is 0 Å². The summed E-state index contributed by atoms with van der Waals surface area (Å²) in [5.41, 5.74) is 0.623. The molecular formula is C25H26N2O3S. The Hall–Kier alpha value is -2.86. The van der Waals surface area contributed by atoms with Crippen LogP contribution < -0.4 is 10.1 Å². The number of benzene rings is 2. The normalized spacial score (nSPS) is 17.0. The van der Waals surface area contributed by atoms with Crippen molar-refractivity contribution in [1.82, 2.24) is 10.2 Å². The van der Waals surface area contributed by atoms with Gasteiger partial charge in [-0.2, -0.15) is 0 Å². The van der Waals surface area contributed by atoms with Crippen molar-refractivity contribution < 1.29 is 14.3 Å². The van der Waals surface area contributed by atoms with Gasteiger partial charge < -0.3 is 15.0 Å². The highest BCUT2D eigenvalue weighted by molar-refractivity contribution is 7.19. The van der Waals surface area contributed by atoms with E-state index in [-0.39, 0.29) is 17.9 Å². The van der Waals surface area contributed by atoms with Gasteiger partial charge in [0.25, 0.3) is 5.91 Å². The lowest BCUT2D eigenvalue weighted by Crippen LogP contribution is -2.42. The number of likely N-dealkylation sites (tertiary alicyclic amines) is 1. The fraction of sp³-hybridized carbons (Fsp3) is 0.360. The molecule has 2 amide bonds. The number of carbonyl (C=O) groups is 2. The number of hydrogen-bond acceptors (Lipinski definition) is 4. The molecule has 0 unspecified atom stereocenters. The van der Waals surface area contributed by atoms with Gasteiger partial charge in [0, 0.05) is 47.0 Å². The molecule has 160 valence electrons. The van der Waals surface area contributed by atoms with Crippen LogP contribution in [0.15, 0.2) is 54.6 Å². The van der Waals surface area contributed by atoms with Crippen LogP contribution in [0.25, 0.3) is 10.1 Å². The van der Waals surface area contributed by atoms with E-state index in [4.69, 9.17) is 4.74 Å². The van der Waals surface area contributed by atoms with Gasteiger partial charge in [0.2, 0.25) is 5.91 Å². The van der Waals surface area contributed by atoms with Crippen LogP contribution in [0.3, 0.4) is 0 Å². The Morgan fingerprint density at radius 1 is 1.00 bits per heavy atom. The van der Waals surface area contributed by atoms with Crippen LogP contribution in [0.5, 0.6) is 5.75 Å². The summed E-state index contributed by atoms with van der Waals surface area (Å²) in [6.07, 6.45) is 3.94. The van der Waals surface area contributed by atoms with Crippen LogP contribution in [0.1, 0.15) is 40.9 Å². The highest BCUT2D eigenvalue weighted by Gasteiger charge is 2.35. The molecule has 2 aromatic carbocycles. The number of carbonyl (C=O) groups excluding carboxylic acids is 2. The lowest BCUT2D eigenvalue weighted by molar-refractivity contribution is -0.134. The Morgan fingerprint density at radius 3 is 2.45 bits per heavy atom. The molecule has 2 fully saturated rings. The van der Waals surface area contributed by atoms with Gasteiger partial charge in [-0.15, -0.1) is 11.3 Å². The smallest absolute Gasteiger partial charge is 0.251 e. The number of fused-ring (bicyclic) bond motifs is 1. The fourth-order valence-electron chi connectivity index (χ4n) is 4.05. The zero-order valence-corrected chi connectivity index (χ0v) is 18.2. The predicted octanol–water partition coefficient (Wildman–Crippen LogP) is 4.61. The molecule has 0 radical (unpaired) electrons. The zero-order valence-electron chi connectivity index (χ0n) is 17.4. The molecule has 0 bridgehead atoms. The number of ether oxygens (including phenoxy) is 1. The highest BCUT2D eigenvalue weighted by Crippen LogP contribution is 2.32. The van der Waals surface area contributed by atoms with E-state index in [1.807, 2.05) is 29.2 Å². The number of piperidine rings is 1. The van der Waals surface area contributed by atoms with E-state index in [2.05, 4.69) is 23.5 Å². The Kier molecular flexibility index (Phi) is 5.64. The number of nitrogens with zero attached hydrogens (tertiary/aromatic N) is 1. The number of nitrogens with one attached hydrogen (secondary N) is 1. The van der Waals surface area contributed by atoms with E-state index in [9.17, 15) is 9.59 Å². The zero-order chi connectivity index (χ0) is 21.2. The molecule has 1 aliphatic carbocycles. The minimum absolute atomic E-state index is 0.0871. The number of thiophene rings is 1. The summed E-state index contributed by atoms with van der Waals surface area (Å²) >= 11 is 1.70. The third-order valence-corrected chi connectivity index (χ3v) is 7.12. The van der Waals surface area contributed by atoms with Gasteiger partial charge in [-0.3, -0.25) is 9.59 Å². The minimum atomic E-state index is -0.0871. The van der Waals surface area contributed by atoms with Gasteiger partial charge in [-0.1, -0.05) is 18.2 Å². The summed E-state index contributed by atoms with van der Waals surface area (Å²) in [4.78, 5) is 27.8. The van der Waals surface area contributed by atoms with Gasteiger partial charge in [-0.25, -0.2) is 0 Å². The van der Waals surface area contributed by atoms with Crippen molar-refractivity contribution in [2.45, 2.75) is 38.3 Å². The van der Waals surface area contributed by atoms with Crippen LogP contribution in [-0.2, 0) is 11.3 Å². The molecule has 1 saturated carbocycles. The first-order valence-electron chi connectivity index (χ1n) is 11.0. The summed E-state index contributed by atoms with van der Waals surface area (Å²) < 4.78 is 7.32. The van der Waals surface area contributed by atoms with E-state index in [1.54, 1.807) is 23.5 Å². The fourth-order valence-corrected chi connectivity index (χ4v) is 5.06. The number of rotatable bonds is 6. The second-order valence-corrected chi connectivity index (χ2v) is 9.54. The average molecular weight is 435 g/mol. The van der Waals surface area contributed by atoms with Crippen molar-refractivity contribution in [2.75, 3.05) is 13.1 Å². The molecule has 6 heteroatoms. The summed E-state index contributed by atoms with van der Waals surface area (Å²) in [5.74, 6) is 1.29. The van der Waals surface area contributed by atoms with E-state index in [1.165, 1.54) is 10.1 Å². The first-order chi connectivity index (χ1) is 15.2. The molecule has 1 aliphatic heterocycles. The lowest BCUT2D eigenvalue weighted by atomic mass is 10.1. The maximum atomic E-state index is 12.5. The largest absolute Gasteiger partial charge is 0.490 e. The second kappa shape index (κ2) is 8.71. The SMILES string of the molecule is O=C(NCc1cc2ccccc2s1)c1ccc(OC2CCN(C(=O)C3CC3)CC2)cc1. The van der Waals surface area contributed by atoms with Crippen molar-refractivity contribution in [3.05, 3.63) is 65.0 Å². The monoisotopic (exact) mass is 434 g/mol. The van der Waals surface area contributed by atoms with Crippen molar-refractivity contribution in [3.63, 3.8) is 0 Å². The van der Waals surface area contributed by atoms with E-state index >= 15 is 0 Å². The minimum Gasteiger partial charge on any atom is -0.490 e. The maximum Gasteiger partial charge on any atom is 0.251 e. The van der Waals surface area contributed by atoms with E-state index in [0.29, 0.717) is 18.0 Å². The Morgan fingerprint density at radius 2 is 1.74 bits per heavy atom. The summed E-state index contributed by atoms with van der Waals surface area (Å²) in [6, 6.07) is 17.7. The summed E-state index contributed by atoms with van der Waals surface area (Å²) in [6.45, 7) is 2.07. The molecular weight excluding hydrogens is 408 g/mol. The maximum absolute atomic E-state index is 12.5. The molecule has 0 spiro atoms. The van der Waals surface area contributed by atoms with Gasteiger partial charge in [0.15, 0.2) is 0 Å². The second-order valence-electron chi connectivity index (χ2n) is 8.37. The van der Waals surface area contributed by atoms with Crippen LogP contribution >= 0.6 is 11.3 Å². The molecule has 3 aromatic rings. The standard InChI is InChI=1S/C25H26N2O3S/c28-24(26-16-22-15-19-3-1-2-4-23(19)31-22)17-7-9-20(10-8-17)30-21-11-13-27(14-12-21)25(29)18-5-6-18/h1-4,7-10,15,18,21H,5-6,11-14,16H2,(H,26,28). The molecule has 2 aliphatic rings. The third-order valence-electron chi connectivity index (χ3n) is 6.00. The Bertz CT molecular complexity index is 1050. The molecule has 31 heavy (non-hydrogen) atoms. The van der Waals surface area contributed by atoms with E-state index < -0.39 is 0 Å². The average Bonchev–Trinajstić information content (AvgIpc) is 3.57. The number of hydrogen-bond donors (Lipinski definition) is 1. The molecule has 1 aromatic heterocycles. The first-order valence-corrected chi connectivity index (χ1v) is 11.8. The van der Waals surface area contributed by atoms with Gasteiger partial charge in [0.05, 0.1) is 6.54 Å². The van der Waals surface area contributed by atoms with Crippen LogP contribution in [0.4, 0.5) is 0 Å². The van der Waals surface area contributed by atoms with Crippen molar-refractivity contribution in [1.29, 1.82) is 0 Å². The lowest BCUT2D eigenvalue weighted by Gasteiger charge is -2.32. The van der Waals surface area contributed by atoms with E-state index in [0.717, 1.165) is 49.4 Å². The van der Waals surface area contributed by atoms with Crippen molar-refractivity contribution in [3.8, 4) is 5.75 Å². The first kappa shape index (κ1) is 20.1. The Labute approximate surface area is 186 Å². The topological polar surface area (TPSA) is 58.6 Å². The molecule has 5 nitrogen and oxygen atoms in total. The Balaban J connectivity index is 1.11. The van der Waals surface area contributed by atoms with Gasteiger partial charge in [0.1, 0.15) is 11.9 Å². The van der Waals surface area contributed by atoms with Crippen molar-refractivity contribution >= 4 is 33.2 Å². The van der Waals surface area contributed by atoms with Gasteiger partial charge >= 0.3 is 0 Å². The molecule has 1 N–H and O–H groups in total. The summed E-state index contributed by atoms with van der Waals surface area (Å²) in [5, 5.41) is 4.21. The van der Waals surface area contributed by atoms with Crippen molar-refractivity contribution in [2.24, 2.45) is 5.92 Å². The van der Waals surface area contributed by atoms with Crippen LogP contribution in [-0.4, -0.2) is 35.9 Å². The number of amides is 2. The highest BCUT2D eigenvalue weighted by atomic mass is 32.1. The molecule has 1 saturated heterocycles. The van der Waals surface area contributed by atoms with Crippen LogP contribution in [0, 0.1) is 5.92 Å². The van der Waals surface area contributed by atoms with Gasteiger partial charge in [-0.05, 0) is 54.6 Å². The molecule has 0 atom stereocenters. The molecule has 5 rings (SSSR count). The summed E-state index contributed by atoms with van der Waals surface area (Å²) in [7, 11) is 0. The molecule has 2 heterocycles.